The first-order chi connectivity index (χ1) is 12.5. The van der Waals surface area contributed by atoms with Crippen LogP contribution in [0.4, 0.5) is 0 Å². The number of hydrogen-bond acceptors (Lipinski definition) is 2. The van der Waals surface area contributed by atoms with Gasteiger partial charge in [0.15, 0.2) is 0 Å². The molecule has 1 aromatic heterocycles. The van der Waals surface area contributed by atoms with Gasteiger partial charge in [0.25, 0.3) is 5.56 Å². The number of carbonyl (C=O) groups excluding carboxylic acids is 1. The smallest absolute Gasteiger partial charge is 0.251 e. The minimum Gasteiger partial charge on any atom is -0.352 e. The first-order valence-electron chi connectivity index (χ1n) is 8.67. The Bertz CT molecular complexity index is 1020. The highest BCUT2D eigenvalue weighted by molar-refractivity contribution is 5.91. The zero-order valence-corrected chi connectivity index (χ0v) is 15.0. The molecule has 0 saturated heterocycles. The number of carbonyl (C=O) groups is 1. The second kappa shape index (κ2) is 7.83. The molecule has 2 aromatic carbocycles. The lowest BCUT2D eigenvalue weighted by Crippen LogP contribution is -2.25. The monoisotopic (exact) mass is 346 g/mol. The van der Waals surface area contributed by atoms with Crippen molar-refractivity contribution in [3.05, 3.63) is 87.2 Å². The van der Waals surface area contributed by atoms with E-state index < -0.39 is 0 Å². The number of aromatic amines is 1. The number of rotatable bonds is 5. The van der Waals surface area contributed by atoms with Gasteiger partial charge >= 0.3 is 0 Å². The minimum atomic E-state index is -0.168. The predicted octanol–water partition coefficient (Wildman–Crippen LogP) is 3.52. The molecule has 0 fully saturated rings. The van der Waals surface area contributed by atoms with Gasteiger partial charge in [-0.05, 0) is 49.1 Å². The molecule has 132 valence electrons. The van der Waals surface area contributed by atoms with E-state index in [0.29, 0.717) is 18.5 Å². The molecule has 3 rings (SSSR count). The first-order valence-corrected chi connectivity index (χ1v) is 8.67. The van der Waals surface area contributed by atoms with Crippen LogP contribution in [0.5, 0.6) is 0 Å². The summed E-state index contributed by atoms with van der Waals surface area (Å²) in [6, 6.07) is 15.6. The summed E-state index contributed by atoms with van der Waals surface area (Å²) >= 11 is 0. The van der Waals surface area contributed by atoms with Gasteiger partial charge in [-0.1, -0.05) is 42.5 Å². The summed E-state index contributed by atoms with van der Waals surface area (Å²) in [5, 5.41) is 3.87. The normalized spacial score (nSPS) is 11.2. The lowest BCUT2D eigenvalue weighted by Gasteiger charge is -2.08. The van der Waals surface area contributed by atoms with Crippen molar-refractivity contribution in [3.63, 3.8) is 0 Å². The predicted molar refractivity (Wildman–Crippen MR) is 106 cm³/mol. The van der Waals surface area contributed by atoms with Crippen molar-refractivity contribution < 1.29 is 4.79 Å². The fourth-order valence-electron chi connectivity index (χ4n) is 2.92. The molecule has 0 bridgehead atoms. The van der Waals surface area contributed by atoms with Crippen molar-refractivity contribution in [2.24, 2.45) is 0 Å². The standard InChI is InChI=1S/C22H22N2O2/c1-15-8-9-16(2)21-19(15)14-18(22(26)24-21)12-13-23-20(25)11-10-17-6-4-3-5-7-17/h3-11,14H,12-13H2,1-2H3,(H,23,25)(H,24,26)/b11-10-. The summed E-state index contributed by atoms with van der Waals surface area (Å²) in [5.74, 6) is -0.168. The SMILES string of the molecule is Cc1ccc(C)c2[nH]c(=O)c(CCNC(=O)/C=C\c3ccccc3)cc12. The van der Waals surface area contributed by atoms with Gasteiger partial charge < -0.3 is 10.3 Å². The second-order valence-electron chi connectivity index (χ2n) is 6.40. The number of aromatic nitrogens is 1. The van der Waals surface area contributed by atoms with Crippen molar-refractivity contribution in [2.75, 3.05) is 6.54 Å². The fraction of sp³-hybridized carbons (Fsp3) is 0.182. The zero-order valence-electron chi connectivity index (χ0n) is 15.0. The third-order valence-corrected chi connectivity index (χ3v) is 4.44. The Morgan fingerprint density at radius 1 is 1.08 bits per heavy atom. The van der Waals surface area contributed by atoms with Crippen LogP contribution in [-0.4, -0.2) is 17.4 Å². The number of amides is 1. The number of aryl methyl sites for hydroxylation is 2. The number of pyridine rings is 1. The van der Waals surface area contributed by atoms with Gasteiger partial charge in [0.05, 0.1) is 5.52 Å². The molecule has 1 heterocycles. The number of H-pyrrole nitrogens is 1. The zero-order chi connectivity index (χ0) is 18.5. The molecule has 3 aromatic rings. The van der Waals surface area contributed by atoms with E-state index in [9.17, 15) is 9.59 Å². The summed E-state index contributed by atoms with van der Waals surface area (Å²) in [7, 11) is 0. The Hall–Kier alpha value is -3.14. The lowest BCUT2D eigenvalue weighted by molar-refractivity contribution is -0.116. The van der Waals surface area contributed by atoms with E-state index in [-0.39, 0.29) is 11.5 Å². The first kappa shape index (κ1) is 17.7. The van der Waals surface area contributed by atoms with Crippen LogP contribution in [0.3, 0.4) is 0 Å². The molecule has 0 atom stereocenters. The molecule has 26 heavy (non-hydrogen) atoms. The topological polar surface area (TPSA) is 62.0 Å². The largest absolute Gasteiger partial charge is 0.352 e. The van der Waals surface area contributed by atoms with E-state index in [0.717, 1.165) is 27.6 Å². The molecule has 0 aliphatic carbocycles. The summed E-state index contributed by atoms with van der Waals surface area (Å²) in [5.41, 5.74) is 4.61. The maximum absolute atomic E-state index is 12.3. The molecule has 0 unspecified atom stereocenters. The molecule has 1 amide bonds. The third-order valence-electron chi connectivity index (χ3n) is 4.44. The van der Waals surface area contributed by atoms with Gasteiger partial charge in [0, 0.05) is 23.6 Å². The van der Waals surface area contributed by atoms with Crippen LogP contribution in [0.2, 0.25) is 0 Å². The molecule has 0 saturated carbocycles. The van der Waals surface area contributed by atoms with Gasteiger partial charge in [-0.15, -0.1) is 0 Å². The molecular weight excluding hydrogens is 324 g/mol. The highest BCUT2D eigenvalue weighted by Crippen LogP contribution is 2.19. The highest BCUT2D eigenvalue weighted by Gasteiger charge is 2.07. The number of fused-ring (bicyclic) bond motifs is 1. The van der Waals surface area contributed by atoms with E-state index in [4.69, 9.17) is 0 Å². The Balaban J connectivity index is 1.65. The van der Waals surface area contributed by atoms with Crippen LogP contribution in [0.1, 0.15) is 22.3 Å². The van der Waals surface area contributed by atoms with E-state index in [2.05, 4.69) is 16.4 Å². The number of hydrogen-bond donors (Lipinski definition) is 2. The summed E-state index contributed by atoms with van der Waals surface area (Å²) in [4.78, 5) is 27.2. The summed E-state index contributed by atoms with van der Waals surface area (Å²) in [6.07, 6.45) is 3.77. The van der Waals surface area contributed by atoms with Crippen LogP contribution < -0.4 is 10.9 Å². The quantitative estimate of drug-likeness (QED) is 0.695. The molecule has 0 aliphatic rings. The van der Waals surface area contributed by atoms with Crippen molar-refractivity contribution in [2.45, 2.75) is 20.3 Å². The van der Waals surface area contributed by atoms with Gasteiger partial charge in [-0.2, -0.15) is 0 Å². The average Bonchev–Trinajstić information content (AvgIpc) is 2.65. The van der Waals surface area contributed by atoms with E-state index >= 15 is 0 Å². The van der Waals surface area contributed by atoms with Crippen molar-refractivity contribution >= 4 is 22.9 Å². The highest BCUT2D eigenvalue weighted by atomic mass is 16.1. The van der Waals surface area contributed by atoms with Gasteiger partial charge in [-0.25, -0.2) is 0 Å². The van der Waals surface area contributed by atoms with Crippen LogP contribution in [0.25, 0.3) is 17.0 Å². The molecule has 4 nitrogen and oxygen atoms in total. The number of nitrogens with one attached hydrogen (secondary N) is 2. The van der Waals surface area contributed by atoms with E-state index in [1.807, 2.05) is 56.3 Å². The van der Waals surface area contributed by atoms with Crippen LogP contribution >= 0.6 is 0 Å². The Morgan fingerprint density at radius 3 is 2.58 bits per heavy atom. The van der Waals surface area contributed by atoms with Crippen molar-refractivity contribution in [3.8, 4) is 0 Å². The molecule has 2 N–H and O–H groups in total. The van der Waals surface area contributed by atoms with Crippen LogP contribution in [0, 0.1) is 13.8 Å². The lowest BCUT2D eigenvalue weighted by atomic mass is 10.0. The molecule has 0 aliphatic heterocycles. The van der Waals surface area contributed by atoms with E-state index in [1.165, 1.54) is 6.08 Å². The van der Waals surface area contributed by atoms with Crippen molar-refractivity contribution in [1.82, 2.24) is 10.3 Å². The van der Waals surface area contributed by atoms with Gasteiger partial charge in [0.2, 0.25) is 5.91 Å². The maximum atomic E-state index is 12.3. The molecule has 0 spiro atoms. The average molecular weight is 346 g/mol. The third kappa shape index (κ3) is 4.09. The van der Waals surface area contributed by atoms with Gasteiger partial charge in [0.1, 0.15) is 0 Å². The molecule has 4 heteroatoms. The second-order valence-corrected chi connectivity index (χ2v) is 6.40. The Morgan fingerprint density at radius 2 is 1.81 bits per heavy atom. The minimum absolute atomic E-state index is 0.0970. The summed E-state index contributed by atoms with van der Waals surface area (Å²) in [6.45, 7) is 4.42. The Labute approximate surface area is 152 Å². The van der Waals surface area contributed by atoms with E-state index in [1.54, 1.807) is 6.08 Å². The van der Waals surface area contributed by atoms with Gasteiger partial charge in [-0.3, -0.25) is 9.59 Å². The number of benzene rings is 2. The molecular formula is C22H22N2O2. The Kier molecular flexibility index (Phi) is 5.32. The van der Waals surface area contributed by atoms with Crippen LogP contribution in [0.15, 0.2) is 59.4 Å². The molecule has 0 radical (unpaired) electrons. The van der Waals surface area contributed by atoms with Crippen molar-refractivity contribution in [1.29, 1.82) is 0 Å². The fourth-order valence-corrected chi connectivity index (χ4v) is 2.92. The maximum Gasteiger partial charge on any atom is 0.251 e. The van der Waals surface area contributed by atoms with Crippen LogP contribution in [-0.2, 0) is 11.2 Å². The summed E-state index contributed by atoms with van der Waals surface area (Å²) < 4.78 is 0.